The summed E-state index contributed by atoms with van der Waals surface area (Å²) in [5, 5.41) is 11.3. The van der Waals surface area contributed by atoms with Gasteiger partial charge in [0.05, 0.1) is 24.5 Å². The summed E-state index contributed by atoms with van der Waals surface area (Å²) in [5.41, 5.74) is 2.83. The number of rotatable bonds is 6. The highest BCUT2D eigenvalue weighted by Gasteiger charge is 2.24. The van der Waals surface area contributed by atoms with Gasteiger partial charge in [0.2, 0.25) is 11.8 Å². The van der Waals surface area contributed by atoms with E-state index in [4.69, 9.17) is 0 Å². The number of hydrogen-bond acceptors (Lipinski definition) is 4. The van der Waals surface area contributed by atoms with Gasteiger partial charge >= 0.3 is 0 Å². The second-order valence-corrected chi connectivity index (χ2v) is 6.14. The lowest BCUT2D eigenvalue weighted by Gasteiger charge is -2.27. The minimum atomic E-state index is -0.0112. The summed E-state index contributed by atoms with van der Waals surface area (Å²) >= 11 is 0. The van der Waals surface area contributed by atoms with Gasteiger partial charge in [-0.2, -0.15) is 0 Å². The SMILES string of the molecule is CCC(=O)N1CCn2nnc(CCC(=O)NCc3ccccc3)c2C1. The average Bonchev–Trinajstić information content (AvgIpc) is 3.07. The summed E-state index contributed by atoms with van der Waals surface area (Å²) in [7, 11) is 0. The fraction of sp³-hybridized carbons (Fsp3) is 0.444. The zero-order valence-corrected chi connectivity index (χ0v) is 14.4. The first-order valence-corrected chi connectivity index (χ1v) is 8.67. The molecule has 25 heavy (non-hydrogen) atoms. The van der Waals surface area contributed by atoms with Crippen molar-refractivity contribution in [3.8, 4) is 0 Å². The molecule has 1 aliphatic rings. The molecule has 0 bridgehead atoms. The third-order valence-electron chi connectivity index (χ3n) is 4.42. The highest BCUT2D eigenvalue weighted by atomic mass is 16.2. The summed E-state index contributed by atoms with van der Waals surface area (Å²) in [6.45, 7) is 4.25. The normalized spacial score (nSPS) is 13.4. The molecule has 0 saturated carbocycles. The van der Waals surface area contributed by atoms with E-state index in [1.165, 1.54) is 0 Å². The molecule has 0 aliphatic carbocycles. The molecule has 0 spiro atoms. The van der Waals surface area contributed by atoms with Crippen molar-refractivity contribution >= 4 is 11.8 Å². The minimum Gasteiger partial charge on any atom is -0.352 e. The largest absolute Gasteiger partial charge is 0.352 e. The van der Waals surface area contributed by atoms with Crippen LogP contribution in [0.3, 0.4) is 0 Å². The lowest BCUT2D eigenvalue weighted by Crippen LogP contribution is -2.38. The average molecular weight is 341 g/mol. The lowest BCUT2D eigenvalue weighted by atomic mass is 10.1. The van der Waals surface area contributed by atoms with Gasteiger partial charge in [0.25, 0.3) is 0 Å². The molecule has 3 rings (SSSR count). The predicted octanol–water partition coefficient (Wildman–Crippen LogP) is 1.28. The number of amides is 2. The monoisotopic (exact) mass is 341 g/mol. The Morgan fingerprint density at radius 3 is 2.76 bits per heavy atom. The Morgan fingerprint density at radius 2 is 2.00 bits per heavy atom. The standard InChI is InChI=1S/C18H23N5O2/c1-2-18(25)22-10-11-23-16(13-22)15(20-21-23)8-9-17(24)19-12-14-6-4-3-5-7-14/h3-7H,2,8-13H2,1H3,(H,19,24). The van der Waals surface area contributed by atoms with E-state index >= 15 is 0 Å². The van der Waals surface area contributed by atoms with Crippen molar-refractivity contribution in [2.75, 3.05) is 6.54 Å². The number of nitrogens with zero attached hydrogens (tertiary/aromatic N) is 4. The zero-order valence-electron chi connectivity index (χ0n) is 14.4. The van der Waals surface area contributed by atoms with Crippen LogP contribution in [0.15, 0.2) is 30.3 Å². The molecule has 7 nitrogen and oxygen atoms in total. The van der Waals surface area contributed by atoms with Gasteiger partial charge in [-0.3, -0.25) is 9.59 Å². The third kappa shape index (κ3) is 4.23. The van der Waals surface area contributed by atoms with Crippen LogP contribution in [-0.4, -0.2) is 38.3 Å². The van der Waals surface area contributed by atoms with Gasteiger partial charge in [0.1, 0.15) is 0 Å². The van der Waals surface area contributed by atoms with Crippen molar-refractivity contribution in [3.63, 3.8) is 0 Å². The Hall–Kier alpha value is -2.70. The fourth-order valence-electron chi connectivity index (χ4n) is 2.94. The van der Waals surface area contributed by atoms with E-state index in [2.05, 4.69) is 15.6 Å². The van der Waals surface area contributed by atoms with E-state index in [0.717, 1.165) is 17.0 Å². The highest BCUT2D eigenvalue weighted by Crippen LogP contribution is 2.16. The van der Waals surface area contributed by atoms with E-state index in [1.54, 1.807) is 0 Å². The van der Waals surface area contributed by atoms with Gasteiger partial charge in [-0.1, -0.05) is 42.5 Å². The Bertz CT molecular complexity index is 741. The van der Waals surface area contributed by atoms with Gasteiger partial charge in [-0.05, 0) is 5.56 Å². The van der Waals surface area contributed by atoms with Gasteiger partial charge < -0.3 is 10.2 Å². The van der Waals surface area contributed by atoms with E-state index < -0.39 is 0 Å². The van der Waals surface area contributed by atoms with Crippen molar-refractivity contribution in [1.29, 1.82) is 0 Å². The van der Waals surface area contributed by atoms with Crippen LogP contribution < -0.4 is 5.32 Å². The molecule has 1 aromatic carbocycles. The number of benzene rings is 1. The molecule has 132 valence electrons. The number of aryl methyl sites for hydroxylation is 1. The Kier molecular flexibility index (Phi) is 5.42. The quantitative estimate of drug-likeness (QED) is 0.858. The van der Waals surface area contributed by atoms with Crippen LogP contribution in [0.25, 0.3) is 0 Å². The Balaban J connectivity index is 1.53. The summed E-state index contributed by atoms with van der Waals surface area (Å²) in [6.07, 6.45) is 1.39. The van der Waals surface area contributed by atoms with Gasteiger partial charge in [-0.15, -0.1) is 5.10 Å². The molecule has 0 radical (unpaired) electrons. The molecule has 7 heteroatoms. The van der Waals surface area contributed by atoms with Gasteiger partial charge in [-0.25, -0.2) is 4.68 Å². The fourth-order valence-corrected chi connectivity index (χ4v) is 2.94. The third-order valence-corrected chi connectivity index (χ3v) is 4.42. The summed E-state index contributed by atoms with van der Waals surface area (Å²) in [5.74, 6) is 0.127. The smallest absolute Gasteiger partial charge is 0.222 e. The molecular formula is C18H23N5O2. The number of fused-ring (bicyclic) bond motifs is 1. The Labute approximate surface area is 147 Å². The lowest BCUT2D eigenvalue weighted by molar-refractivity contribution is -0.132. The summed E-state index contributed by atoms with van der Waals surface area (Å²) in [4.78, 5) is 25.8. The molecule has 1 aromatic heterocycles. The number of aromatic nitrogens is 3. The van der Waals surface area contributed by atoms with Crippen molar-refractivity contribution < 1.29 is 9.59 Å². The first kappa shape index (κ1) is 17.1. The van der Waals surface area contributed by atoms with Crippen molar-refractivity contribution in [1.82, 2.24) is 25.2 Å². The van der Waals surface area contributed by atoms with Crippen LogP contribution in [0.4, 0.5) is 0 Å². The topological polar surface area (TPSA) is 80.1 Å². The first-order valence-electron chi connectivity index (χ1n) is 8.67. The Morgan fingerprint density at radius 1 is 1.20 bits per heavy atom. The van der Waals surface area contributed by atoms with Crippen LogP contribution >= 0.6 is 0 Å². The van der Waals surface area contributed by atoms with Gasteiger partial charge in [0.15, 0.2) is 0 Å². The second kappa shape index (κ2) is 7.92. The van der Waals surface area contributed by atoms with Crippen molar-refractivity contribution in [3.05, 3.63) is 47.3 Å². The van der Waals surface area contributed by atoms with Crippen LogP contribution in [0.5, 0.6) is 0 Å². The van der Waals surface area contributed by atoms with Gasteiger partial charge in [0, 0.05) is 32.4 Å². The zero-order chi connectivity index (χ0) is 17.6. The molecule has 0 saturated heterocycles. The van der Waals surface area contributed by atoms with Crippen molar-refractivity contribution in [2.45, 2.75) is 45.8 Å². The van der Waals surface area contributed by atoms with E-state index in [-0.39, 0.29) is 11.8 Å². The minimum absolute atomic E-state index is 0.0112. The molecule has 0 fully saturated rings. The number of carbonyl (C=O) groups is 2. The van der Waals surface area contributed by atoms with Crippen LogP contribution in [-0.2, 0) is 35.6 Å². The van der Waals surface area contributed by atoms with Crippen LogP contribution in [0, 0.1) is 0 Å². The maximum absolute atomic E-state index is 12.1. The molecule has 0 atom stereocenters. The molecule has 1 N–H and O–H groups in total. The molecular weight excluding hydrogens is 318 g/mol. The molecule has 2 heterocycles. The maximum Gasteiger partial charge on any atom is 0.222 e. The molecule has 2 amide bonds. The van der Waals surface area contributed by atoms with E-state index in [1.807, 2.05) is 46.8 Å². The predicted molar refractivity (Wildman–Crippen MR) is 92.3 cm³/mol. The molecule has 0 unspecified atom stereocenters. The van der Waals surface area contributed by atoms with Crippen LogP contribution in [0.2, 0.25) is 0 Å². The second-order valence-electron chi connectivity index (χ2n) is 6.14. The van der Waals surface area contributed by atoms with E-state index in [0.29, 0.717) is 45.4 Å². The van der Waals surface area contributed by atoms with Crippen LogP contribution in [0.1, 0.15) is 36.7 Å². The summed E-state index contributed by atoms with van der Waals surface area (Å²) < 4.78 is 1.84. The number of carbonyl (C=O) groups excluding carboxylic acids is 2. The number of nitrogens with one attached hydrogen (secondary N) is 1. The maximum atomic E-state index is 12.1. The molecule has 2 aromatic rings. The molecule has 1 aliphatic heterocycles. The van der Waals surface area contributed by atoms with Crippen molar-refractivity contribution in [2.24, 2.45) is 0 Å². The highest BCUT2D eigenvalue weighted by molar-refractivity contribution is 5.76. The number of hydrogen-bond donors (Lipinski definition) is 1. The first-order chi connectivity index (χ1) is 12.2. The van der Waals surface area contributed by atoms with E-state index in [9.17, 15) is 9.59 Å². The summed E-state index contributed by atoms with van der Waals surface area (Å²) in [6, 6.07) is 9.82.